The third-order valence-electron chi connectivity index (χ3n) is 4.17. The second kappa shape index (κ2) is 6.48. The first-order valence-corrected chi connectivity index (χ1v) is 7.34. The number of benzene rings is 1. The summed E-state index contributed by atoms with van der Waals surface area (Å²) < 4.78 is 5.21. The van der Waals surface area contributed by atoms with E-state index in [1.165, 1.54) is 14.2 Å². The van der Waals surface area contributed by atoms with Crippen molar-refractivity contribution in [2.24, 2.45) is 0 Å². The average Bonchev–Trinajstić information content (AvgIpc) is 2.78. The van der Waals surface area contributed by atoms with Crippen LogP contribution in [-0.4, -0.2) is 55.6 Å². The van der Waals surface area contributed by atoms with Gasteiger partial charge in [0.1, 0.15) is 17.8 Å². The van der Waals surface area contributed by atoms with Crippen LogP contribution < -0.4 is 10.1 Å². The van der Waals surface area contributed by atoms with Gasteiger partial charge in [0.25, 0.3) is 11.8 Å². The van der Waals surface area contributed by atoms with Gasteiger partial charge in [-0.05, 0) is 37.1 Å². The molecule has 1 fully saturated rings. The summed E-state index contributed by atoms with van der Waals surface area (Å²) in [5, 5.41) is 3.62. The SMILES string of the molecule is COc1ccc(C2(C)NC(=O)N(CC(=O)N(C)OC)C2=O)cc1C. The molecule has 0 saturated carbocycles. The molecule has 0 aliphatic carbocycles. The highest BCUT2D eigenvalue weighted by Crippen LogP contribution is 2.31. The molecule has 1 atom stereocenters. The Morgan fingerprint density at radius 2 is 2.00 bits per heavy atom. The molecule has 24 heavy (non-hydrogen) atoms. The molecule has 0 bridgehead atoms. The Morgan fingerprint density at radius 3 is 2.54 bits per heavy atom. The van der Waals surface area contributed by atoms with Crippen LogP contribution in [0.25, 0.3) is 0 Å². The third-order valence-corrected chi connectivity index (χ3v) is 4.17. The first-order chi connectivity index (χ1) is 11.2. The van der Waals surface area contributed by atoms with Crippen molar-refractivity contribution < 1.29 is 24.0 Å². The number of methoxy groups -OCH3 is 1. The summed E-state index contributed by atoms with van der Waals surface area (Å²) in [5.74, 6) is -0.307. The van der Waals surface area contributed by atoms with Crippen molar-refractivity contribution in [2.45, 2.75) is 19.4 Å². The normalized spacial score (nSPS) is 20.1. The van der Waals surface area contributed by atoms with Crippen LogP contribution in [-0.2, 0) is 20.0 Å². The molecule has 0 spiro atoms. The van der Waals surface area contributed by atoms with Crippen molar-refractivity contribution in [2.75, 3.05) is 27.8 Å². The number of ether oxygens (including phenoxy) is 1. The van der Waals surface area contributed by atoms with Gasteiger partial charge in [-0.2, -0.15) is 0 Å². The fraction of sp³-hybridized carbons (Fsp3) is 0.438. The van der Waals surface area contributed by atoms with Crippen LogP contribution >= 0.6 is 0 Å². The second-order valence-corrected chi connectivity index (χ2v) is 5.70. The predicted octanol–water partition coefficient (Wildman–Crippen LogP) is 0.790. The van der Waals surface area contributed by atoms with Gasteiger partial charge >= 0.3 is 6.03 Å². The molecular formula is C16H21N3O5. The van der Waals surface area contributed by atoms with E-state index in [0.717, 1.165) is 15.5 Å². The van der Waals surface area contributed by atoms with Crippen LogP contribution in [0.4, 0.5) is 4.79 Å². The predicted molar refractivity (Wildman–Crippen MR) is 85.1 cm³/mol. The van der Waals surface area contributed by atoms with Crippen LogP contribution in [0.5, 0.6) is 5.75 Å². The van der Waals surface area contributed by atoms with Crippen molar-refractivity contribution in [1.29, 1.82) is 0 Å². The monoisotopic (exact) mass is 335 g/mol. The number of rotatable bonds is 5. The summed E-state index contributed by atoms with van der Waals surface area (Å²) in [4.78, 5) is 42.5. The van der Waals surface area contributed by atoms with Gasteiger partial charge in [0, 0.05) is 7.05 Å². The van der Waals surface area contributed by atoms with Crippen LogP contribution in [0.2, 0.25) is 0 Å². The molecule has 1 saturated heterocycles. The van der Waals surface area contributed by atoms with Gasteiger partial charge in [0.15, 0.2) is 0 Å². The minimum Gasteiger partial charge on any atom is -0.496 e. The van der Waals surface area contributed by atoms with Gasteiger partial charge in [0.05, 0.1) is 14.2 Å². The summed E-state index contributed by atoms with van der Waals surface area (Å²) in [6.07, 6.45) is 0. The van der Waals surface area contributed by atoms with E-state index in [9.17, 15) is 14.4 Å². The van der Waals surface area contributed by atoms with Crippen LogP contribution in [0.1, 0.15) is 18.1 Å². The minimum atomic E-state index is -1.24. The van der Waals surface area contributed by atoms with Gasteiger partial charge < -0.3 is 10.1 Å². The average molecular weight is 335 g/mol. The lowest BCUT2D eigenvalue weighted by atomic mass is 9.90. The summed E-state index contributed by atoms with van der Waals surface area (Å²) in [5.41, 5.74) is 0.223. The Hall–Kier alpha value is -2.61. The Bertz CT molecular complexity index is 690. The van der Waals surface area contributed by atoms with Crippen molar-refractivity contribution in [3.05, 3.63) is 29.3 Å². The van der Waals surface area contributed by atoms with Gasteiger partial charge in [-0.15, -0.1) is 0 Å². The molecule has 0 radical (unpaired) electrons. The molecule has 1 unspecified atom stereocenters. The van der Waals surface area contributed by atoms with Crippen molar-refractivity contribution in [1.82, 2.24) is 15.3 Å². The molecule has 1 aromatic carbocycles. The second-order valence-electron chi connectivity index (χ2n) is 5.70. The summed E-state index contributed by atoms with van der Waals surface area (Å²) in [7, 11) is 4.30. The number of urea groups is 1. The van der Waals surface area contributed by atoms with Crippen LogP contribution in [0, 0.1) is 6.92 Å². The van der Waals surface area contributed by atoms with Gasteiger partial charge in [-0.25, -0.2) is 9.86 Å². The van der Waals surface area contributed by atoms with E-state index in [4.69, 9.17) is 9.57 Å². The quantitative estimate of drug-likeness (QED) is 0.635. The van der Waals surface area contributed by atoms with Gasteiger partial charge in [0.2, 0.25) is 0 Å². The van der Waals surface area contributed by atoms with Crippen molar-refractivity contribution in [3.8, 4) is 5.75 Å². The highest BCUT2D eigenvalue weighted by Gasteiger charge is 2.49. The molecule has 2 rings (SSSR count). The molecule has 4 amide bonds. The highest BCUT2D eigenvalue weighted by atomic mass is 16.7. The van der Waals surface area contributed by atoms with Crippen molar-refractivity contribution >= 4 is 17.8 Å². The Kier molecular flexibility index (Phi) is 4.79. The lowest BCUT2D eigenvalue weighted by Gasteiger charge is -2.23. The van der Waals surface area contributed by atoms with Crippen molar-refractivity contribution in [3.63, 3.8) is 0 Å². The summed E-state index contributed by atoms with van der Waals surface area (Å²) in [6, 6.07) is 4.62. The zero-order chi connectivity index (χ0) is 18.1. The summed E-state index contributed by atoms with van der Waals surface area (Å²) in [6.45, 7) is 3.07. The number of nitrogens with one attached hydrogen (secondary N) is 1. The number of amides is 4. The van der Waals surface area contributed by atoms with E-state index < -0.39 is 23.4 Å². The number of hydrogen-bond donors (Lipinski definition) is 1. The topological polar surface area (TPSA) is 88.2 Å². The van der Waals surface area contributed by atoms with Gasteiger partial charge in [-0.3, -0.25) is 19.3 Å². The Labute approximate surface area is 140 Å². The molecule has 1 aromatic rings. The van der Waals surface area contributed by atoms with Crippen LogP contribution in [0.3, 0.4) is 0 Å². The molecular weight excluding hydrogens is 314 g/mol. The maximum absolute atomic E-state index is 12.8. The maximum Gasteiger partial charge on any atom is 0.325 e. The van der Waals surface area contributed by atoms with E-state index in [-0.39, 0.29) is 6.54 Å². The fourth-order valence-electron chi connectivity index (χ4n) is 2.56. The Morgan fingerprint density at radius 1 is 1.33 bits per heavy atom. The molecule has 0 aromatic heterocycles. The smallest absolute Gasteiger partial charge is 0.325 e. The zero-order valence-corrected chi connectivity index (χ0v) is 14.4. The standard InChI is InChI=1S/C16H21N3O5/c1-10-8-11(6-7-12(10)23-4)16(2)14(21)19(15(22)17-16)9-13(20)18(3)24-5/h6-8H,9H2,1-5H3,(H,17,22). The van der Waals surface area contributed by atoms with E-state index in [1.54, 1.807) is 32.2 Å². The number of carbonyl (C=O) groups excluding carboxylic acids is 3. The number of hydroxylamine groups is 2. The number of nitrogens with zero attached hydrogens (tertiary/aromatic N) is 2. The number of aryl methyl sites for hydroxylation is 1. The third kappa shape index (κ3) is 2.92. The number of imide groups is 1. The largest absolute Gasteiger partial charge is 0.496 e. The maximum atomic E-state index is 12.8. The highest BCUT2D eigenvalue weighted by molar-refractivity contribution is 6.09. The van der Waals surface area contributed by atoms with E-state index in [0.29, 0.717) is 11.3 Å². The van der Waals surface area contributed by atoms with Gasteiger partial charge in [-0.1, -0.05) is 6.07 Å². The molecule has 1 heterocycles. The lowest BCUT2D eigenvalue weighted by Crippen LogP contribution is -2.43. The number of hydrogen-bond acceptors (Lipinski definition) is 5. The number of likely N-dealkylation sites (N-methyl/N-ethyl adjacent to an activating group) is 1. The molecule has 1 aliphatic heterocycles. The summed E-state index contributed by atoms with van der Waals surface area (Å²) >= 11 is 0. The van der Waals surface area contributed by atoms with Crippen LogP contribution in [0.15, 0.2) is 18.2 Å². The molecule has 1 N–H and O–H groups in total. The van der Waals surface area contributed by atoms with E-state index >= 15 is 0 Å². The Balaban J connectivity index is 2.29. The molecule has 8 heteroatoms. The minimum absolute atomic E-state index is 0.389. The van der Waals surface area contributed by atoms with E-state index in [1.807, 2.05) is 6.92 Å². The first kappa shape index (κ1) is 17.7. The molecule has 8 nitrogen and oxygen atoms in total. The first-order valence-electron chi connectivity index (χ1n) is 7.34. The number of carbonyl (C=O) groups is 3. The lowest BCUT2D eigenvalue weighted by molar-refractivity contribution is -0.170. The molecule has 130 valence electrons. The fourth-order valence-corrected chi connectivity index (χ4v) is 2.56. The zero-order valence-electron chi connectivity index (χ0n) is 14.4. The molecule has 1 aliphatic rings. The van der Waals surface area contributed by atoms with E-state index in [2.05, 4.69) is 5.32 Å².